The van der Waals surface area contributed by atoms with E-state index in [-0.39, 0.29) is 10.8 Å². The summed E-state index contributed by atoms with van der Waals surface area (Å²) in [4.78, 5) is 7.05. The molecular formula is C25H26ClFN4O4. The summed E-state index contributed by atoms with van der Waals surface area (Å²) >= 11 is 6.17. The maximum atomic E-state index is 14.4. The highest BCUT2D eigenvalue weighted by Gasteiger charge is 2.23. The lowest BCUT2D eigenvalue weighted by Crippen LogP contribution is -2.37. The zero-order valence-corrected chi connectivity index (χ0v) is 20.1. The monoisotopic (exact) mass is 500 g/mol. The van der Waals surface area contributed by atoms with E-state index in [9.17, 15) is 9.50 Å². The molecular weight excluding hydrogens is 475 g/mol. The molecule has 1 fully saturated rings. The third kappa shape index (κ3) is 4.59. The van der Waals surface area contributed by atoms with Crippen LogP contribution >= 0.6 is 11.6 Å². The SMILES string of the molecule is COc1c(OCCCN2CCOCC2)cc(CF)c2c(-c3ccc(O)c(Cl)c3)nc3[nH]ncc3c12. The lowest BCUT2D eigenvalue weighted by Gasteiger charge is -2.26. The van der Waals surface area contributed by atoms with E-state index in [4.69, 9.17) is 30.8 Å². The van der Waals surface area contributed by atoms with Crippen molar-refractivity contribution in [3.05, 3.63) is 41.0 Å². The van der Waals surface area contributed by atoms with Gasteiger partial charge in [-0.3, -0.25) is 10.00 Å². The molecule has 0 aliphatic carbocycles. The molecule has 0 amide bonds. The summed E-state index contributed by atoms with van der Waals surface area (Å²) in [6.45, 7) is 3.98. The molecule has 0 unspecified atom stereocenters. The van der Waals surface area contributed by atoms with Crippen molar-refractivity contribution in [2.75, 3.05) is 46.6 Å². The Morgan fingerprint density at radius 3 is 2.80 bits per heavy atom. The number of hydrogen-bond donors (Lipinski definition) is 2. The number of hydrogen-bond acceptors (Lipinski definition) is 7. The number of aromatic amines is 1. The second kappa shape index (κ2) is 10.2. The number of H-pyrrole nitrogens is 1. The molecule has 1 aliphatic rings. The largest absolute Gasteiger partial charge is 0.506 e. The fraction of sp³-hybridized carbons (Fsp3) is 0.360. The quantitative estimate of drug-likeness (QED) is 0.338. The molecule has 0 radical (unpaired) electrons. The fourth-order valence-electron chi connectivity index (χ4n) is 4.51. The zero-order chi connectivity index (χ0) is 24.4. The normalized spacial score (nSPS) is 14.6. The summed E-state index contributed by atoms with van der Waals surface area (Å²) in [5, 5.41) is 19.0. The minimum absolute atomic E-state index is 0.0431. The van der Waals surface area contributed by atoms with E-state index in [2.05, 4.69) is 15.1 Å². The molecule has 0 atom stereocenters. The Morgan fingerprint density at radius 1 is 1.23 bits per heavy atom. The van der Waals surface area contributed by atoms with Gasteiger partial charge in [-0.1, -0.05) is 11.6 Å². The topological polar surface area (TPSA) is 92.7 Å². The van der Waals surface area contributed by atoms with E-state index >= 15 is 0 Å². The molecule has 0 spiro atoms. The van der Waals surface area contributed by atoms with Crippen molar-refractivity contribution < 1.29 is 23.7 Å². The van der Waals surface area contributed by atoms with Gasteiger partial charge in [-0.25, -0.2) is 9.37 Å². The van der Waals surface area contributed by atoms with Gasteiger partial charge in [0.05, 0.1) is 49.2 Å². The molecule has 184 valence electrons. The second-order valence-electron chi connectivity index (χ2n) is 8.37. The van der Waals surface area contributed by atoms with E-state index in [1.54, 1.807) is 31.5 Å². The minimum atomic E-state index is -0.728. The lowest BCUT2D eigenvalue weighted by molar-refractivity contribution is 0.0357. The smallest absolute Gasteiger partial charge is 0.169 e. The number of nitrogens with zero attached hydrogens (tertiary/aromatic N) is 3. The Morgan fingerprint density at radius 2 is 2.06 bits per heavy atom. The number of methoxy groups -OCH3 is 1. The van der Waals surface area contributed by atoms with Gasteiger partial charge in [-0.2, -0.15) is 5.10 Å². The van der Waals surface area contributed by atoms with Gasteiger partial charge in [0, 0.05) is 36.0 Å². The van der Waals surface area contributed by atoms with E-state index in [0.717, 1.165) is 39.3 Å². The molecule has 4 aromatic rings. The van der Waals surface area contributed by atoms with Crippen LogP contribution in [-0.2, 0) is 11.4 Å². The Bertz CT molecular complexity index is 1360. The number of aromatic nitrogens is 3. The summed E-state index contributed by atoms with van der Waals surface area (Å²) in [5.74, 6) is 0.917. The number of alkyl halides is 1. The molecule has 5 rings (SSSR count). The van der Waals surface area contributed by atoms with E-state index in [0.29, 0.717) is 56.7 Å². The molecule has 3 heterocycles. The van der Waals surface area contributed by atoms with Crippen LogP contribution in [-0.4, -0.2) is 71.8 Å². The first-order valence-electron chi connectivity index (χ1n) is 11.4. The molecule has 0 saturated carbocycles. The average Bonchev–Trinajstić information content (AvgIpc) is 3.36. The van der Waals surface area contributed by atoms with Crippen LogP contribution in [0.4, 0.5) is 4.39 Å². The molecule has 8 nitrogen and oxygen atoms in total. The van der Waals surface area contributed by atoms with Crippen molar-refractivity contribution in [2.45, 2.75) is 13.1 Å². The number of morpholine rings is 1. The van der Waals surface area contributed by atoms with Crippen LogP contribution in [0.1, 0.15) is 12.0 Å². The van der Waals surface area contributed by atoms with Crippen molar-refractivity contribution in [1.82, 2.24) is 20.1 Å². The highest BCUT2D eigenvalue weighted by Crippen LogP contribution is 2.45. The number of benzene rings is 2. The number of phenolic OH excluding ortho intramolecular Hbond substituents is 1. The van der Waals surface area contributed by atoms with Gasteiger partial charge >= 0.3 is 0 Å². The van der Waals surface area contributed by atoms with Crippen LogP contribution in [0.5, 0.6) is 17.2 Å². The number of nitrogens with one attached hydrogen (secondary N) is 1. The fourth-order valence-corrected chi connectivity index (χ4v) is 4.69. The minimum Gasteiger partial charge on any atom is -0.506 e. The van der Waals surface area contributed by atoms with Crippen LogP contribution in [0.15, 0.2) is 30.5 Å². The van der Waals surface area contributed by atoms with Gasteiger partial charge in [-0.15, -0.1) is 0 Å². The third-order valence-corrected chi connectivity index (χ3v) is 6.53. The molecule has 10 heteroatoms. The number of rotatable bonds is 8. The van der Waals surface area contributed by atoms with E-state index in [1.807, 2.05) is 0 Å². The Balaban J connectivity index is 1.58. The van der Waals surface area contributed by atoms with Gasteiger partial charge < -0.3 is 19.3 Å². The summed E-state index contributed by atoms with van der Waals surface area (Å²) in [6, 6.07) is 6.46. The van der Waals surface area contributed by atoms with Gasteiger partial charge in [-0.05, 0) is 36.2 Å². The highest BCUT2D eigenvalue weighted by molar-refractivity contribution is 6.32. The van der Waals surface area contributed by atoms with E-state index in [1.165, 1.54) is 6.07 Å². The maximum absolute atomic E-state index is 14.4. The van der Waals surface area contributed by atoms with Crippen molar-refractivity contribution in [2.24, 2.45) is 0 Å². The molecule has 2 aromatic carbocycles. The number of ether oxygens (including phenoxy) is 3. The Kier molecular flexibility index (Phi) is 6.90. The van der Waals surface area contributed by atoms with E-state index < -0.39 is 6.67 Å². The van der Waals surface area contributed by atoms with Gasteiger partial charge in [0.25, 0.3) is 0 Å². The summed E-state index contributed by atoms with van der Waals surface area (Å²) in [7, 11) is 1.56. The molecule has 0 bridgehead atoms. The first-order valence-corrected chi connectivity index (χ1v) is 11.8. The molecule has 2 N–H and O–H groups in total. The van der Waals surface area contributed by atoms with Gasteiger partial charge in [0.15, 0.2) is 17.1 Å². The lowest BCUT2D eigenvalue weighted by atomic mass is 9.96. The van der Waals surface area contributed by atoms with Crippen molar-refractivity contribution in [3.63, 3.8) is 0 Å². The standard InChI is InChI=1S/C25H26ClFN4O4/c1-33-24-20(35-8-2-5-31-6-9-34-10-7-31)12-16(13-27)21-22(24)17-14-28-30-25(17)29-23(21)15-3-4-19(32)18(26)11-15/h3-4,11-12,14,32H,2,5-10,13H2,1H3,(H,28,29,30). The van der Waals surface area contributed by atoms with Crippen molar-refractivity contribution in [1.29, 1.82) is 0 Å². The highest BCUT2D eigenvalue weighted by atomic mass is 35.5. The number of aromatic hydroxyl groups is 1. The summed E-state index contributed by atoms with van der Waals surface area (Å²) in [6.07, 6.45) is 2.46. The zero-order valence-electron chi connectivity index (χ0n) is 19.3. The number of phenols is 1. The van der Waals surface area contributed by atoms with Crippen LogP contribution in [0.3, 0.4) is 0 Å². The third-order valence-electron chi connectivity index (χ3n) is 6.23. The van der Waals surface area contributed by atoms with Crippen LogP contribution in [0.25, 0.3) is 33.1 Å². The predicted molar refractivity (Wildman–Crippen MR) is 132 cm³/mol. The first kappa shape index (κ1) is 23.6. The van der Waals surface area contributed by atoms with Crippen LogP contribution in [0, 0.1) is 0 Å². The molecule has 2 aromatic heterocycles. The Hall–Kier alpha value is -3.14. The van der Waals surface area contributed by atoms with Crippen molar-refractivity contribution in [3.8, 4) is 28.5 Å². The van der Waals surface area contributed by atoms with Crippen LogP contribution < -0.4 is 9.47 Å². The number of fused-ring (bicyclic) bond motifs is 3. The molecule has 1 saturated heterocycles. The second-order valence-corrected chi connectivity index (χ2v) is 8.77. The van der Waals surface area contributed by atoms with Gasteiger partial charge in [0.1, 0.15) is 12.4 Å². The summed E-state index contributed by atoms with van der Waals surface area (Å²) in [5.41, 5.74) is 2.07. The van der Waals surface area contributed by atoms with Crippen molar-refractivity contribution >= 4 is 33.4 Å². The maximum Gasteiger partial charge on any atom is 0.169 e. The van der Waals surface area contributed by atoms with Gasteiger partial charge in [0.2, 0.25) is 0 Å². The Labute approximate surface area is 206 Å². The average molecular weight is 501 g/mol. The predicted octanol–water partition coefficient (Wildman–Crippen LogP) is 4.72. The summed E-state index contributed by atoms with van der Waals surface area (Å²) < 4.78 is 31.8. The first-order chi connectivity index (χ1) is 17.1. The molecule has 1 aliphatic heterocycles. The number of halogens is 2. The number of pyridine rings is 1. The molecule has 35 heavy (non-hydrogen) atoms. The van der Waals surface area contributed by atoms with Crippen LogP contribution in [0.2, 0.25) is 5.02 Å².